The van der Waals surface area contributed by atoms with Crippen LogP contribution < -0.4 is 0 Å². The molecule has 3 heteroatoms. The lowest BCUT2D eigenvalue weighted by Crippen LogP contribution is -2.38. The van der Waals surface area contributed by atoms with Gasteiger partial charge in [0.05, 0.1) is 0 Å². The number of fused-ring (bicyclic) bond motifs is 1. The van der Waals surface area contributed by atoms with E-state index < -0.39 is 0 Å². The Morgan fingerprint density at radius 1 is 1.04 bits per heavy atom. The molecule has 0 unspecified atom stereocenters. The molecule has 0 spiro atoms. The first-order valence-corrected chi connectivity index (χ1v) is 9.48. The average Bonchev–Trinajstić information content (AvgIpc) is 2.98. The van der Waals surface area contributed by atoms with Crippen molar-refractivity contribution in [3.63, 3.8) is 0 Å². The number of nitrogens with zero attached hydrogens (tertiary/aromatic N) is 1. The number of hydrogen-bond donors (Lipinski definition) is 1. The van der Waals surface area contributed by atoms with Crippen LogP contribution in [0.5, 0.6) is 0 Å². The van der Waals surface area contributed by atoms with Crippen LogP contribution in [0.3, 0.4) is 0 Å². The predicted molar refractivity (Wildman–Crippen MR) is 107 cm³/mol. The summed E-state index contributed by atoms with van der Waals surface area (Å²) in [4.78, 5) is 18.5. The molecule has 2 aromatic carbocycles. The van der Waals surface area contributed by atoms with Gasteiger partial charge in [0.1, 0.15) is 0 Å². The van der Waals surface area contributed by atoms with Crippen LogP contribution in [-0.2, 0) is 0 Å². The Kier molecular flexibility index (Phi) is 4.31. The number of amides is 1. The van der Waals surface area contributed by atoms with Crippen molar-refractivity contribution in [3.8, 4) is 0 Å². The maximum Gasteiger partial charge on any atom is 0.254 e. The highest BCUT2D eigenvalue weighted by Gasteiger charge is 2.27. The maximum atomic E-state index is 12.8. The number of nitrogens with one attached hydrogen (secondary N) is 1. The first-order chi connectivity index (χ1) is 12.5. The minimum absolute atomic E-state index is 0.172. The van der Waals surface area contributed by atoms with Crippen LogP contribution in [0.1, 0.15) is 51.5 Å². The van der Waals surface area contributed by atoms with Crippen LogP contribution >= 0.6 is 0 Å². The van der Waals surface area contributed by atoms with Gasteiger partial charge in [-0.05, 0) is 62.9 Å². The number of carbonyl (C=O) groups is 1. The second kappa shape index (κ2) is 6.64. The van der Waals surface area contributed by atoms with Gasteiger partial charge in [-0.15, -0.1) is 0 Å². The van der Waals surface area contributed by atoms with Crippen LogP contribution in [0.4, 0.5) is 0 Å². The van der Waals surface area contributed by atoms with E-state index in [9.17, 15) is 4.79 Å². The van der Waals surface area contributed by atoms with Crippen LogP contribution in [0, 0.1) is 20.8 Å². The van der Waals surface area contributed by atoms with Gasteiger partial charge in [0.2, 0.25) is 0 Å². The summed E-state index contributed by atoms with van der Waals surface area (Å²) < 4.78 is 0. The second-order valence-corrected chi connectivity index (χ2v) is 7.59. The van der Waals surface area contributed by atoms with Crippen molar-refractivity contribution < 1.29 is 4.79 Å². The van der Waals surface area contributed by atoms with Gasteiger partial charge in [0.25, 0.3) is 5.91 Å². The molecule has 0 bridgehead atoms. The number of benzene rings is 2. The molecule has 1 amide bonds. The Balaban J connectivity index is 1.51. The molecule has 1 fully saturated rings. The number of piperidine rings is 1. The van der Waals surface area contributed by atoms with Gasteiger partial charge in [0, 0.05) is 41.2 Å². The van der Waals surface area contributed by atoms with Crippen molar-refractivity contribution in [3.05, 3.63) is 70.4 Å². The number of aromatic amines is 1. The van der Waals surface area contributed by atoms with Crippen LogP contribution in [0.15, 0.2) is 42.5 Å². The lowest BCUT2D eigenvalue weighted by molar-refractivity contribution is 0.0711. The summed E-state index contributed by atoms with van der Waals surface area (Å²) in [5.41, 5.74) is 7.14. The monoisotopic (exact) mass is 346 g/mol. The van der Waals surface area contributed by atoms with Crippen molar-refractivity contribution in [2.75, 3.05) is 13.1 Å². The number of aryl methyl sites for hydroxylation is 3. The molecule has 1 N–H and O–H groups in total. The molecule has 1 aliphatic rings. The zero-order chi connectivity index (χ0) is 18.3. The van der Waals surface area contributed by atoms with Gasteiger partial charge >= 0.3 is 0 Å². The highest BCUT2D eigenvalue weighted by Crippen LogP contribution is 2.34. The van der Waals surface area contributed by atoms with E-state index in [0.717, 1.165) is 37.1 Å². The normalized spacial score (nSPS) is 15.6. The van der Waals surface area contributed by atoms with E-state index in [4.69, 9.17) is 0 Å². The number of aromatic nitrogens is 1. The van der Waals surface area contributed by atoms with Gasteiger partial charge in [-0.3, -0.25) is 4.79 Å². The number of rotatable bonds is 2. The molecule has 1 saturated heterocycles. The Morgan fingerprint density at radius 3 is 2.50 bits per heavy atom. The topological polar surface area (TPSA) is 36.1 Å². The summed E-state index contributed by atoms with van der Waals surface area (Å²) in [6, 6.07) is 14.5. The fourth-order valence-corrected chi connectivity index (χ4v) is 4.22. The molecule has 4 rings (SSSR count). The minimum Gasteiger partial charge on any atom is -0.358 e. The zero-order valence-corrected chi connectivity index (χ0v) is 15.8. The van der Waals surface area contributed by atoms with E-state index in [0.29, 0.717) is 5.92 Å². The molecule has 26 heavy (non-hydrogen) atoms. The third kappa shape index (κ3) is 2.92. The van der Waals surface area contributed by atoms with Gasteiger partial charge in [-0.2, -0.15) is 0 Å². The maximum absolute atomic E-state index is 12.8. The smallest absolute Gasteiger partial charge is 0.254 e. The number of likely N-dealkylation sites (tertiary alicyclic amines) is 1. The van der Waals surface area contributed by atoms with Crippen molar-refractivity contribution in [1.29, 1.82) is 0 Å². The van der Waals surface area contributed by atoms with Crippen molar-refractivity contribution >= 4 is 16.8 Å². The third-order valence-corrected chi connectivity index (χ3v) is 5.82. The standard InChI is InChI=1S/C23H26N2O/c1-15-8-9-21-20(14-15)17(3)22(24-21)18-10-12-25(13-11-18)23(26)19-7-5-4-6-16(19)2/h4-9,14,18,24H,10-13H2,1-3H3. The summed E-state index contributed by atoms with van der Waals surface area (Å²) >= 11 is 0. The number of hydrogen-bond acceptors (Lipinski definition) is 1. The number of carbonyl (C=O) groups excluding carboxylic acids is 1. The van der Waals surface area contributed by atoms with Gasteiger partial charge in [-0.25, -0.2) is 0 Å². The van der Waals surface area contributed by atoms with Crippen LogP contribution in [0.25, 0.3) is 10.9 Å². The first-order valence-electron chi connectivity index (χ1n) is 9.48. The molecule has 0 radical (unpaired) electrons. The molecule has 1 aromatic heterocycles. The Labute approximate surface area is 155 Å². The van der Waals surface area contributed by atoms with E-state index in [2.05, 4.69) is 37.0 Å². The molecule has 3 nitrogen and oxygen atoms in total. The summed E-state index contributed by atoms with van der Waals surface area (Å²) in [7, 11) is 0. The fourth-order valence-electron chi connectivity index (χ4n) is 4.22. The SMILES string of the molecule is Cc1ccc2[nH]c(C3CCN(C(=O)c4ccccc4C)CC3)c(C)c2c1. The quantitative estimate of drug-likeness (QED) is 0.687. The lowest BCUT2D eigenvalue weighted by Gasteiger charge is -2.32. The Morgan fingerprint density at radius 2 is 1.77 bits per heavy atom. The van der Waals surface area contributed by atoms with E-state index in [1.807, 2.05) is 36.1 Å². The Bertz CT molecular complexity index is 961. The molecule has 0 atom stereocenters. The summed E-state index contributed by atoms with van der Waals surface area (Å²) in [5, 5.41) is 1.33. The average molecular weight is 346 g/mol. The highest BCUT2D eigenvalue weighted by atomic mass is 16.2. The Hall–Kier alpha value is -2.55. The van der Waals surface area contributed by atoms with Gasteiger partial charge in [-0.1, -0.05) is 29.8 Å². The van der Waals surface area contributed by atoms with E-state index >= 15 is 0 Å². The molecular weight excluding hydrogens is 320 g/mol. The lowest BCUT2D eigenvalue weighted by atomic mass is 9.90. The largest absolute Gasteiger partial charge is 0.358 e. The summed E-state index contributed by atoms with van der Waals surface area (Å²) in [5.74, 6) is 0.675. The molecule has 1 aliphatic heterocycles. The zero-order valence-electron chi connectivity index (χ0n) is 15.8. The minimum atomic E-state index is 0.172. The molecule has 0 aliphatic carbocycles. The summed E-state index contributed by atoms with van der Waals surface area (Å²) in [6.45, 7) is 8.02. The van der Waals surface area contributed by atoms with E-state index in [1.54, 1.807) is 0 Å². The van der Waals surface area contributed by atoms with E-state index in [1.165, 1.54) is 27.7 Å². The molecular formula is C23H26N2O. The van der Waals surface area contributed by atoms with Crippen molar-refractivity contribution in [1.82, 2.24) is 9.88 Å². The molecule has 0 saturated carbocycles. The highest BCUT2D eigenvalue weighted by molar-refractivity contribution is 5.95. The van der Waals surface area contributed by atoms with Crippen LogP contribution in [0.2, 0.25) is 0 Å². The summed E-state index contributed by atoms with van der Waals surface area (Å²) in [6.07, 6.45) is 2.04. The molecule has 3 aromatic rings. The van der Waals surface area contributed by atoms with Crippen LogP contribution in [-0.4, -0.2) is 28.9 Å². The number of H-pyrrole nitrogens is 1. The van der Waals surface area contributed by atoms with Crippen molar-refractivity contribution in [2.45, 2.75) is 39.5 Å². The fraction of sp³-hybridized carbons (Fsp3) is 0.348. The van der Waals surface area contributed by atoms with Gasteiger partial charge < -0.3 is 9.88 Å². The second-order valence-electron chi connectivity index (χ2n) is 7.59. The van der Waals surface area contributed by atoms with Gasteiger partial charge in [0.15, 0.2) is 0 Å². The van der Waals surface area contributed by atoms with Crippen molar-refractivity contribution in [2.24, 2.45) is 0 Å². The first kappa shape index (κ1) is 16.9. The predicted octanol–water partition coefficient (Wildman–Crippen LogP) is 5.11. The molecule has 2 heterocycles. The van der Waals surface area contributed by atoms with E-state index in [-0.39, 0.29) is 5.91 Å². The molecule has 134 valence electrons. The third-order valence-electron chi connectivity index (χ3n) is 5.82.